The Morgan fingerprint density at radius 2 is 1.15 bits per heavy atom. The third-order valence-corrected chi connectivity index (χ3v) is 7.93. The molecule has 0 aliphatic heterocycles. The summed E-state index contributed by atoms with van der Waals surface area (Å²) in [6, 6.07) is 42.7. The van der Waals surface area contributed by atoms with Gasteiger partial charge in [-0.05, 0) is 85.8 Å². The molecule has 5 aromatic rings. The Balaban J connectivity index is 0.000000883. The minimum absolute atomic E-state index is 0.278. The maximum atomic E-state index is 7.10. The molecule has 0 bridgehead atoms. The molecule has 2 aliphatic carbocycles. The molecule has 0 fully saturated rings. The van der Waals surface area contributed by atoms with E-state index in [1.165, 1.54) is 61.8 Å². The second kappa shape index (κ2) is 9.63. The molecular formula is C37H28N2. The highest BCUT2D eigenvalue weighted by Gasteiger charge is 2.51. The fourth-order valence-electron chi connectivity index (χ4n) is 6.48. The molecule has 1 spiro atoms. The Morgan fingerprint density at radius 3 is 1.72 bits per heavy atom. The summed E-state index contributed by atoms with van der Waals surface area (Å²) in [5.74, 6) is 0. The lowest BCUT2D eigenvalue weighted by Crippen LogP contribution is -2.25. The monoisotopic (exact) mass is 500 g/mol. The maximum absolute atomic E-state index is 7.10. The Kier molecular flexibility index (Phi) is 5.98. The standard InChI is InChI=1S/C36H26.CH2N2/c1-3-11-24(2)25-12-10-13-26(22-25)27-20-21-35-31(23-27)30-16-6-9-19-34(30)36(35)32-17-7-4-14-28(32)29-15-5-8-18-33(29)36;2-1-3/h3-23H,2H2,1H3;2H2/b11-3-;. The first-order valence-electron chi connectivity index (χ1n) is 13.1. The number of nitrogens with two attached hydrogens (primary N) is 1. The molecule has 0 saturated carbocycles. The van der Waals surface area contributed by atoms with E-state index in [2.05, 4.69) is 134 Å². The molecule has 0 amide bonds. The van der Waals surface area contributed by atoms with Gasteiger partial charge in [0.25, 0.3) is 0 Å². The lowest BCUT2D eigenvalue weighted by atomic mass is 9.70. The molecule has 2 heteroatoms. The number of benzene rings is 5. The van der Waals surface area contributed by atoms with Gasteiger partial charge >= 0.3 is 0 Å². The number of hydrogen-bond acceptors (Lipinski definition) is 2. The van der Waals surface area contributed by atoms with Crippen LogP contribution in [0.25, 0.3) is 39.0 Å². The zero-order valence-corrected chi connectivity index (χ0v) is 21.9. The van der Waals surface area contributed by atoms with Crippen LogP contribution < -0.4 is 5.73 Å². The molecular weight excluding hydrogens is 472 g/mol. The number of nitrogens with zero attached hydrogens (tertiary/aromatic N) is 1. The van der Waals surface area contributed by atoms with Gasteiger partial charge in [0.2, 0.25) is 0 Å². The van der Waals surface area contributed by atoms with Crippen molar-refractivity contribution in [2.24, 2.45) is 5.73 Å². The minimum Gasteiger partial charge on any atom is -0.337 e. The van der Waals surface area contributed by atoms with Gasteiger partial charge in [-0.1, -0.05) is 122 Å². The molecule has 2 N–H and O–H groups in total. The van der Waals surface area contributed by atoms with Crippen LogP contribution in [0, 0.1) is 11.5 Å². The van der Waals surface area contributed by atoms with Gasteiger partial charge < -0.3 is 5.73 Å². The molecule has 2 nitrogen and oxygen atoms in total. The maximum Gasteiger partial charge on any atom is 0.173 e. The number of nitriles is 1. The van der Waals surface area contributed by atoms with Gasteiger partial charge in [-0.2, -0.15) is 5.26 Å². The summed E-state index contributed by atoms with van der Waals surface area (Å²) in [7, 11) is 0. The first-order chi connectivity index (χ1) is 19.1. The quantitative estimate of drug-likeness (QED) is 0.150. The van der Waals surface area contributed by atoms with Gasteiger partial charge in [0.1, 0.15) is 0 Å². The Hall–Kier alpha value is -5.13. The third-order valence-electron chi connectivity index (χ3n) is 7.93. The van der Waals surface area contributed by atoms with Crippen molar-refractivity contribution in [3.8, 4) is 39.6 Å². The molecule has 5 aromatic carbocycles. The highest BCUT2D eigenvalue weighted by Crippen LogP contribution is 2.62. The van der Waals surface area contributed by atoms with E-state index < -0.39 is 0 Å². The van der Waals surface area contributed by atoms with Crippen LogP contribution in [0.15, 0.2) is 134 Å². The summed E-state index contributed by atoms with van der Waals surface area (Å²) in [6.07, 6.45) is 5.36. The second-order valence-electron chi connectivity index (χ2n) is 9.88. The molecule has 7 rings (SSSR count). The fourth-order valence-corrected chi connectivity index (χ4v) is 6.48. The predicted molar refractivity (Wildman–Crippen MR) is 162 cm³/mol. The van der Waals surface area contributed by atoms with Crippen LogP contribution in [0.1, 0.15) is 34.7 Å². The lowest BCUT2D eigenvalue weighted by molar-refractivity contribution is 0.794. The molecule has 2 aliphatic rings. The predicted octanol–water partition coefficient (Wildman–Crippen LogP) is 8.71. The van der Waals surface area contributed by atoms with Gasteiger partial charge in [0, 0.05) is 0 Å². The summed E-state index contributed by atoms with van der Waals surface area (Å²) >= 11 is 0. The van der Waals surface area contributed by atoms with Crippen molar-refractivity contribution in [3.05, 3.63) is 162 Å². The number of rotatable bonds is 3. The zero-order valence-electron chi connectivity index (χ0n) is 21.9. The zero-order chi connectivity index (χ0) is 27.0. The van der Waals surface area contributed by atoms with Crippen LogP contribution in [-0.4, -0.2) is 0 Å². The topological polar surface area (TPSA) is 49.8 Å². The highest BCUT2D eigenvalue weighted by atomic mass is 14.5. The summed E-state index contributed by atoms with van der Waals surface area (Å²) in [4.78, 5) is 0. The fraction of sp³-hybridized carbons (Fsp3) is 0.0541. The molecule has 0 aromatic heterocycles. The van der Waals surface area contributed by atoms with Crippen LogP contribution in [0.4, 0.5) is 0 Å². The molecule has 0 unspecified atom stereocenters. The molecule has 0 atom stereocenters. The molecule has 0 radical (unpaired) electrons. The Labute approximate surface area is 230 Å². The van der Waals surface area contributed by atoms with E-state index in [4.69, 9.17) is 5.26 Å². The van der Waals surface area contributed by atoms with Crippen molar-refractivity contribution < 1.29 is 0 Å². The number of fused-ring (bicyclic) bond motifs is 10. The summed E-state index contributed by atoms with van der Waals surface area (Å²) in [6.45, 7) is 6.27. The summed E-state index contributed by atoms with van der Waals surface area (Å²) in [5.41, 5.74) is 19.4. The largest absolute Gasteiger partial charge is 0.337 e. The van der Waals surface area contributed by atoms with Crippen molar-refractivity contribution in [1.29, 1.82) is 5.26 Å². The first kappa shape index (κ1) is 24.2. The van der Waals surface area contributed by atoms with E-state index in [-0.39, 0.29) is 5.41 Å². The number of allylic oxidation sites excluding steroid dienone is 3. The summed E-state index contributed by atoms with van der Waals surface area (Å²) < 4.78 is 0. The van der Waals surface area contributed by atoms with Crippen molar-refractivity contribution >= 4 is 5.57 Å². The van der Waals surface area contributed by atoms with E-state index in [0.29, 0.717) is 0 Å². The third kappa shape index (κ3) is 3.55. The molecule has 186 valence electrons. The van der Waals surface area contributed by atoms with Gasteiger partial charge in [-0.3, -0.25) is 0 Å². The number of hydrogen-bond donors (Lipinski definition) is 1. The van der Waals surface area contributed by atoms with Crippen LogP contribution in [0.3, 0.4) is 0 Å². The average Bonchev–Trinajstić information content (AvgIpc) is 3.45. The van der Waals surface area contributed by atoms with Gasteiger partial charge in [0.05, 0.1) is 5.41 Å². The van der Waals surface area contributed by atoms with Gasteiger partial charge in [-0.25, -0.2) is 0 Å². The molecule has 0 heterocycles. The van der Waals surface area contributed by atoms with Gasteiger partial charge in [0.15, 0.2) is 6.19 Å². The Morgan fingerprint density at radius 1 is 0.667 bits per heavy atom. The second-order valence-corrected chi connectivity index (χ2v) is 9.88. The van der Waals surface area contributed by atoms with E-state index in [1.54, 1.807) is 0 Å². The first-order valence-corrected chi connectivity index (χ1v) is 13.1. The normalized spacial score (nSPS) is 13.0. The van der Waals surface area contributed by atoms with E-state index >= 15 is 0 Å². The van der Waals surface area contributed by atoms with Crippen LogP contribution in [-0.2, 0) is 5.41 Å². The SMILES string of the molecule is C=C(/C=C\C)c1cccc(-c2ccc3c(c2)-c2ccccc2C32c3ccccc3-c3ccccc32)c1.N#CN. The van der Waals surface area contributed by atoms with Crippen molar-refractivity contribution in [3.63, 3.8) is 0 Å². The smallest absolute Gasteiger partial charge is 0.173 e. The highest BCUT2D eigenvalue weighted by molar-refractivity contribution is 5.96. The van der Waals surface area contributed by atoms with Crippen LogP contribution in [0.2, 0.25) is 0 Å². The molecule has 39 heavy (non-hydrogen) atoms. The minimum atomic E-state index is -0.278. The summed E-state index contributed by atoms with van der Waals surface area (Å²) in [5, 5.41) is 7.10. The average molecular weight is 501 g/mol. The lowest BCUT2D eigenvalue weighted by Gasteiger charge is -2.30. The van der Waals surface area contributed by atoms with Crippen molar-refractivity contribution in [2.45, 2.75) is 12.3 Å². The van der Waals surface area contributed by atoms with Crippen molar-refractivity contribution in [1.82, 2.24) is 0 Å². The molecule has 0 saturated heterocycles. The Bertz CT molecular complexity index is 1770. The van der Waals surface area contributed by atoms with E-state index in [9.17, 15) is 0 Å². The van der Waals surface area contributed by atoms with Crippen molar-refractivity contribution in [2.75, 3.05) is 0 Å². The van der Waals surface area contributed by atoms with Crippen LogP contribution >= 0.6 is 0 Å². The van der Waals surface area contributed by atoms with E-state index in [1.807, 2.05) is 13.0 Å². The van der Waals surface area contributed by atoms with Gasteiger partial charge in [-0.15, -0.1) is 0 Å². The van der Waals surface area contributed by atoms with E-state index in [0.717, 1.165) is 11.1 Å². The van der Waals surface area contributed by atoms with Crippen LogP contribution in [0.5, 0.6) is 0 Å².